The minimum atomic E-state index is -0.329. The fourth-order valence-corrected chi connectivity index (χ4v) is 3.31. The second-order valence-corrected chi connectivity index (χ2v) is 6.96. The Morgan fingerprint density at radius 1 is 1.29 bits per heavy atom. The number of fused-ring (bicyclic) bond motifs is 1. The molecule has 3 rings (SSSR count). The van der Waals surface area contributed by atoms with Crippen molar-refractivity contribution in [2.75, 3.05) is 19.6 Å². The Bertz CT molecular complexity index is 716. The number of piperidine rings is 1. The zero-order chi connectivity index (χ0) is 17.1. The summed E-state index contributed by atoms with van der Waals surface area (Å²) in [4.78, 5) is 14.3. The van der Waals surface area contributed by atoms with Gasteiger partial charge in [-0.3, -0.25) is 9.69 Å². The summed E-state index contributed by atoms with van der Waals surface area (Å²) in [6, 6.07) is 14.5. The van der Waals surface area contributed by atoms with Gasteiger partial charge in [0, 0.05) is 6.54 Å². The maximum atomic E-state index is 12.3. The van der Waals surface area contributed by atoms with Crippen LogP contribution in [-0.4, -0.2) is 41.7 Å². The Hall–Kier alpha value is -1.91. The molecule has 4 heteroatoms. The summed E-state index contributed by atoms with van der Waals surface area (Å²) in [7, 11) is 0. The van der Waals surface area contributed by atoms with E-state index in [0.717, 1.165) is 18.5 Å². The third-order valence-corrected chi connectivity index (χ3v) is 5.02. The molecular weight excluding hydrogens is 300 g/mol. The van der Waals surface area contributed by atoms with Crippen LogP contribution in [0.25, 0.3) is 10.8 Å². The Morgan fingerprint density at radius 3 is 2.79 bits per heavy atom. The first-order valence-corrected chi connectivity index (χ1v) is 8.71. The molecule has 24 heavy (non-hydrogen) atoms. The number of amides is 1. The standard InChI is InChI=1S/C20H26N2O2/c1-14-9-10-22(12-19(14)23)13-20(24)21-15(2)17-8-7-16-5-3-4-6-18(16)11-17/h3-8,11,14-15,19,23H,9-10,12-13H2,1-2H3,(H,21,24). The molecule has 2 N–H and O–H groups in total. The SMILES string of the molecule is CC(NC(=O)CN1CCC(C)C(O)C1)c1ccc2ccccc2c1. The molecule has 128 valence electrons. The van der Waals surface area contributed by atoms with E-state index in [4.69, 9.17) is 0 Å². The Balaban J connectivity index is 1.59. The third-order valence-electron chi connectivity index (χ3n) is 5.02. The topological polar surface area (TPSA) is 52.6 Å². The fraction of sp³-hybridized carbons (Fsp3) is 0.450. The highest BCUT2D eigenvalue weighted by molar-refractivity contribution is 5.83. The van der Waals surface area contributed by atoms with Crippen molar-refractivity contribution in [2.45, 2.75) is 32.4 Å². The molecule has 3 unspecified atom stereocenters. The lowest BCUT2D eigenvalue weighted by Gasteiger charge is -2.33. The van der Waals surface area contributed by atoms with Crippen molar-refractivity contribution in [3.8, 4) is 0 Å². The van der Waals surface area contributed by atoms with Crippen molar-refractivity contribution in [1.29, 1.82) is 0 Å². The number of hydrogen-bond donors (Lipinski definition) is 2. The lowest BCUT2D eigenvalue weighted by molar-refractivity contribution is -0.123. The number of carbonyl (C=O) groups is 1. The van der Waals surface area contributed by atoms with Crippen LogP contribution in [0.3, 0.4) is 0 Å². The summed E-state index contributed by atoms with van der Waals surface area (Å²) < 4.78 is 0. The molecule has 1 amide bonds. The van der Waals surface area contributed by atoms with E-state index in [2.05, 4.69) is 42.6 Å². The van der Waals surface area contributed by atoms with Crippen molar-refractivity contribution >= 4 is 16.7 Å². The van der Waals surface area contributed by atoms with Gasteiger partial charge in [0.25, 0.3) is 0 Å². The van der Waals surface area contributed by atoms with Crippen LogP contribution in [0.5, 0.6) is 0 Å². The molecule has 1 aliphatic rings. The first kappa shape index (κ1) is 16.9. The number of likely N-dealkylation sites (tertiary alicyclic amines) is 1. The van der Waals surface area contributed by atoms with Crippen LogP contribution in [0.2, 0.25) is 0 Å². The molecule has 1 aliphatic heterocycles. The third kappa shape index (κ3) is 3.94. The fourth-order valence-electron chi connectivity index (χ4n) is 3.31. The van der Waals surface area contributed by atoms with Crippen molar-refractivity contribution in [1.82, 2.24) is 10.2 Å². The number of β-amino-alcohol motifs (C(OH)–C–C–N with tert-alkyl or cyclic N) is 1. The van der Waals surface area contributed by atoms with E-state index in [1.54, 1.807) is 0 Å². The molecule has 1 heterocycles. The average Bonchev–Trinajstić information content (AvgIpc) is 2.57. The Labute approximate surface area is 143 Å². The van der Waals surface area contributed by atoms with Crippen LogP contribution >= 0.6 is 0 Å². The second-order valence-electron chi connectivity index (χ2n) is 6.96. The predicted octanol–water partition coefficient (Wildman–Crippen LogP) is 2.72. The van der Waals surface area contributed by atoms with Gasteiger partial charge in [0.05, 0.1) is 18.7 Å². The maximum absolute atomic E-state index is 12.3. The van der Waals surface area contributed by atoms with Crippen molar-refractivity contribution in [3.63, 3.8) is 0 Å². The summed E-state index contributed by atoms with van der Waals surface area (Å²) in [6.45, 7) is 5.87. The predicted molar refractivity (Wildman–Crippen MR) is 96.7 cm³/mol. The normalized spacial score (nSPS) is 23.1. The summed E-state index contributed by atoms with van der Waals surface area (Å²) in [5, 5.41) is 15.4. The quantitative estimate of drug-likeness (QED) is 0.908. The highest BCUT2D eigenvalue weighted by Gasteiger charge is 2.25. The number of aliphatic hydroxyl groups excluding tert-OH is 1. The second kappa shape index (κ2) is 7.32. The highest BCUT2D eigenvalue weighted by Crippen LogP contribution is 2.20. The van der Waals surface area contributed by atoms with Crippen LogP contribution < -0.4 is 5.32 Å². The average molecular weight is 326 g/mol. The van der Waals surface area contributed by atoms with Crippen molar-refractivity contribution in [2.24, 2.45) is 5.92 Å². The van der Waals surface area contributed by atoms with Crippen LogP contribution in [0.1, 0.15) is 31.9 Å². The Kier molecular flexibility index (Phi) is 5.17. The minimum Gasteiger partial charge on any atom is -0.392 e. The molecule has 0 spiro atoms. The highest BCUT2D eigenvalue weighted by atomic mass is 16.3. The monoisotopic (exact) mass is 326 g/mol. The van der Waals surface area contributed by atoms with Gasteiger partial charge < -0.3 is 10.4 Å². The number of nitrogens with one attached hydrogen (secondary N) is 1. The first-order valence-electron chi connectivity index (χ1n) is 8.71. The molecule has 2 aromatic rings. The summed E-state index contributed by atoms with van der Waals surface area (Å²) in [5.41, 5.74) is 1.11. The Morgan fingerprint density at radius 2 is 2.04 bits per heavy atom. The van der Waals surface area contributed by atoms with E-state index in [-0.39, 0.29) is 18.1 Å². The maximum Gasteiger partial charge on any atom is 0.234 e. The molecule has 0 bridgehead atoms. The number of benzene rings is 2. The van der Waals surface area contributed by atoms with Gasteiger partial charge in [-0.05, 0) is 48.2 Å². The van der Waals surface area contributed by atoms with E-state index in [1.165, 1.54) is 10.8 Å². The lowest BCUT2D eigenvalue weighted by Crippen LogP contribution is -2.47. The molecule has 4 nitrogen and oxygen atoms in total. The molecule has 0 aliphatic carbocycles. The van der Waals surface area contributed by atoms with Gasteiger partial charge in [0.1, 0.15) is 0 Å². The van der Waals surface area contributed by atoms with E-state index in [1.807, 2.05) is 24.0 Å². The van der Waals surface area contributed by atoms with E-state index >= 15 is 0 Å². The van der Waals surface area contributed by atoms with Gasteiger partial charge in [-0.15, -0.1) is 0 Å². The van der Waals surface area contributed by atoms with Crippen molar-refractivity contribution in [3.05, 3.63) is 48.0 Å². The van der Waals surface area contributed by atoms with Gasteiger partial charge >= 0.3 is 0 Å². The lowest BCUT2D eigenvalue weighted by atomic mass is 9.96. The molecule has 0 aromatic heterocycles. The molecular formula is C20H26N2O2. The van der Waals surface area contributed by atoms with Crippen LogP contribution in [0.15, 0.2) is 42.5 Å². The summed E-state index contributed by atoms with van der Waals surface area (Å²) in [6.07, 6.45) is 0.610. The molecule has 0 radical (unpaired) electrons. The molecule has 3 atom stereocenters. The number of aliphatic hydroxyl groups is 1. The summed E-state index contributed by atoms with van der Waals surface area (Å²) in [5.74, 6) is 0.332. The van der Waals surface area contributed by atoms with Gasteiger partial charge in [-0.1, -0.05) is 43.3 Å². The van der Waals surface area contributed by atoms with E-state index in [9.17, 15) is 9.90 Å². The van der Waals surface area contributed by atoms with E-state index in [0.29, 0.717) is 19.0 Å². The number of carbonyl (C=O) groups excluding carboxylic acids is 1. The molecule has 2 aromatic carbocycles. The van der Waals surface area contributed by atoms with Gasteiger partial charge in [0.15, 0.2) is 0 Å². The van der Waals surface area contributed by atoms with Crippen molar-refractivity contribution < 1.29 is 9.90 Å². The van der Waals surface area contributed by atoms with Crippen LogP contribution in [0.4, 0.5) is 0 Å². The number of hydrogen-bond acceptors (Lipinski definition) is 3. The van der Waals surface area contributed by atoms with Gasteiger partial charge in [0.2, 0.25) is 5.91 Å². The number of rotatable bonds is 4. The van der Waals surface area contributed by atoms with Gasteiger partial charge in [-0.25, -0.2) is 0 Å². The smallest absolute Gasteiger partial charge is 0.234 e. The summed E-state index contributed by atoms with van der Waals surface area (Å²) >= 11 is 0. The molecule has 0 saturated carbocycles. The zero-order valence-electron chi connectivity index (χ0n) is 14.4. The van der Waals surface area contributed by atoms with Crippen LogP contribution in [-0.2, 0) is 4.79 Å². The molecule has 1 saturated heterocycles. The van der Waals surface area contributed by atoms with Gasteiger partial charge in [-0.2, -0.15) is 0 Å². The number of nitrogens with zero attached hydrogens (tertiary/aromatic N) is 1. The molecule has 1 fully saturated rings. The first-order chi connectivity index (χ1) is 11.5. The van der Waals surface area contributed by atoms with Crippen LogP contribution in [0, 0.1) is 5.92 Å². The van der Waals surface area contributed by atoms with E-state index < -0.39 is 0 Å². The minimum absolute atomic E-state index is 0.0115. The zero-order valence-corrected chi connectivity index (χ0v) is 14.4. The largest absolute Gasteiger partial charge is 0.392 e.